The van der Waals surface area contributed by atoms with Gasteiger partial charge in [-0.25, -0.2) is 14.2 Å². The molecule has 2 N–H and O–H groups in total. The van der Waals surface area contributed by atoms with Crippen LogP contribution < -0.4 is 20.1 Å². The number of hydrogen-bond donors (Lipinski definition) is 2. The third kappa shape index (κ3) is 4.41. The van der Waals surface area contributed by atoms with Crippen molar-refractivity contribution in [2.45, 2.75) is 18.3 Å². The summed E-state index contributed by atoms with van der Waals surface area (Å²) in [6.07, 6.45) is -1.94. The SMILES string of the molecule is O=C(Nc1ccccn1)N[C@]1(c2ccc(OC(F)(F)F)c(F)c2)CCOc2cccnc21. The first-order valence-corrected chi connectivity index (χ1v) is 9.41. The van der Waals surface area contributed by atoms with Crippen LogP contribution in [0, 0.1) is 5.82 Å². The fourth-order valence-corrected chi connectivity index (χ4v) is 3.49. The molecular formula is C21H16F4N4O3. The maximum absolute atomic E-state index is 14.6. The zero-order valence-electron chi connectivity index (χ0n) is 16.3. The quantitative estimate of drug-likeness (QED) is 0.580. The van der Waals surface area contributed by atoms with Gasteiger partial charge in [0.25, 0.3) is 0 Å². The largest absolute Gasteiger partial charge is 0.573 e. The molecule has 0 saturated carbocycles. The molecule has 11 heteroatoms. The van der Waals surface area contributed by atoms with Gasteiger partial charge in [0.05, 0.1) is 6.61 Å². The van der Waals surface area contributed by atoms with Gasteiger partial charge in [0.2, 0.25) is 0 Å². The summed E-state index contributed by atoms with van der Waals surface area (Å²) in [7, 11) is 0. The van der Waals surface area contributed by atoms with Crippen molar-refractivity contribution in [2.75, 3.05) is 11.9 Å². The standard InChI is InChI=1S/C21H16F4N4O3/c22-14-12-13(6-7-15(14)32-21(23,24)25)20(8-11-31-16-4-3-10-27-18(16)20)29-19(30)28-17-5-1-2-9-26-17/h1-7,9-10,12H,8,11H2,(H2,26,28,29,30)/t20-/m0/s1. The number of carbonyl (C=O) groups is 1. The normalized spacial score (nSPS) is 17.6. The van der Waals surface area contributed by atoms with Crippen LogP contribution in [0.2, 0.25) is 0 Å². The highest BCUT2D eigenvalue weighted by Gasteiger charge is 2.43. The van der Waals surface area contributed by atoms with E-state index in [0.29, 0.717) is 5.75 Å². The number of rotatable bonds is 4. The average molecular weight is 448 g/mol. The van der Waals surface area contributed by atoms with Crippen LogP contribution in [0.1, 0.15) is 17.7 Å². The van der Waals surface area contributed by atoms with E-state index in [2.05, 4.69) is 25.3 Å². The Morgan fingerprint density at radius 3 is 2.62 bits per heavy atom. The number of amides is 2. The van der Waals surface area contributed by atoms with Gasteiger partial charge in [-0.15, -0.1) is 13.2 Å². The molecule has 1 aliphatic heterocycles. The Bertz CT molecular complexity index is 1130. The summed E-state index contributed by atoms with van der Waals surface area (Å²) in [6.45, 7) is 0.144. The monoisotopic (exact) mass is 448 g/mol. The van der Waals surface area contributed by atoms with E-state index in [-0.39, 0.29) is 30.1 Å². The van der Waals surface area contributed by atoms with Gasteiger partial charge in [0, 0.05) is 18.8 Å². The molecule has 32 heavy (non-hydrogen) atoms. The van der Waals surface area contributed by atoms with E-state index in [9.17, 15) is 22.4 Å². The molecule has 3 aromatic rings. The lowest BCUT2D eigenvalue weighted by atomic mass is 9.81. The maximum Gasteiger partial charge on any atom is 0.573 e. The number of nitrogens with one attached hydrogen (secondary N) is 2. The molecule has 0 bridgehead atoms. The van der Waals surface area contributed by atoms with Crippen LogP contribution in [0.3, 0.4) is 0 Å². The molecule has 2 amide bonds. The number of fused-ring (bicyclic) bond motifs is 1. The maximum atomic E-state index is 14.6. The Hall–Kier alpha value is -3.89. The molecule has 166 valence electrons. The Kier molecular flexibility index (Phi) is 5.56. The van der Waals surface area contributed by atoms with E-state index in [0.717, 1.165) is 12.1 Å². The van der Waals surface area contributed by atoms with Crippen molar-refractivity contribution in [2.24, 2.45) is 0 Å². The zero-order chi connectivity index (χ0) is 22.8. The lowest BCUT2D eigenvalue weighted by Crippen LogP contribution is -2.51. The van der Waals surface area contributed by atoms with Crippen molar-refractivity contribution in [3.05, 3.63) is 78.0 Å². The highest BCUT2D eigenvalue weighted by atomic mass is 19.4. The number of alkyl halides is 3. The molecule has 1 atom stereocenters. The van der Waals surface area contributed by atoms with Gasteiger partial charge in [-0.3, -0.25) is 10.3 Å². The van der Waals surface area contributed by atoms with E-state index in [1.54, 1.807) is 30.3 Å². The molecule has 0 fully saturated rings. The van der Waals surface area contributed by atoms with Crippen LogP contribution in [-0.4, -0.2) is 29.0 Å². The Balaban J connectivity index is 1.74. The predicted octanol–water partition coefficient (Wildman–Crippen LogP) is 4.36. The first-order chi connectivity index (χ1) is 15.3. The summed E-state index contributed by atoms with van der Waals surface area (Å²) in [5.41, 5.74) is -0.930. The van der Waals surface area contributed by atoms with Crippen molar-refractivity contribution in [1.29, 1.82) is 0 Å². The first kappa shape index (κ1) is 21.3. The van der Waals surface area contributed by atoms with Gasteiger partial charge < -0.3 is 14.8 Å². The lowest BCUT2D eigenvalue weighted by molar-refractivity contribution is -0.275. The molecule has 1 aromatic carbocycles. The molecule has 3 heterocycles. The summed E-state index contributed by atoms with van der Waals surface area (Å²) in [6, 6.07) is 10.5. The fraction of sp³-hybridized carbons (Fsp3) is 0.190. The highest BCUT2D eigenvalue weighted by Crippen LogP contribution is 2.41. The average Bonchev–Trinajstić information content (AvgIpc) is 2.75. The van der Waals surface area contributed by atoms with E-state index < -0.39 is 29.5 Å². The third-order valence-electron chi connectivity index (χ3n) is 4.79. The summed E-state index contributed by atoms with van der Waals surface area (Å²) in [5.74, 6) is -1.60. The topological polar surface area (TPSA) is 85.4 Å². The molecular weight excluding hydrogens is 432 g/mol. The molecule has 4 rings (SSSR count). The van der Waals surface area contributed by atoms with Crippen LogP contribution in [-0.2, 0) is 5.54 Å². The van der Waals surface area contributed by atoms with Crippen molar-refractivity contribution in [1.82, 2.24) is 15.3 Å². The minimum absolute atomic E-state index is 0.144. The van der Waals surface area contributed by atoms with Crippen molar-refractivity contribution in [3.8, 4) is 11.5 Å². The van der Waals surface area contributed by atoms with E-state index in [4.69, 9.17) is 4.74 Å². The number of nitrogens with zero attached hydrogens (tertiary/aromatic N) is 2. The second-order valence-corrected chi connectivity index (χ2v) is 6.84. The second kappa shape index (κ2) is 8.33. The summed E-state index contributed by atoms with van der Waals surface area (Å²) in [4.78, 5) is 21.1. The van der Waals surface area contributed by atoms with Crippen LogP contribution in [0.5, 0.6) is 11.5 Å². The molecule has 0 aliphatic carbocycles. The van der Waals surface area contributed by atoms with Crippen molar-refractivity contribution in [3.63, 3.8) is 0 Å². The molecule has 2 aromatic heterocycles. The summed E-state index contributed by atoms with van der Waals surface area (Å²) in [5, 5.41) is 5.36. The number of pyridine rings is 2. The summed E-state index contributed by atoms with van der Waals surface area (Å²) < 4.78 is 61.5. The highest BCUT2D eigenvalue weighted by molar-refractivity contribution is 5.89. The zero-order valence-corrected chi connectivity index (χ0v) is 16.3. The van der Waals surface area contributed by atoms with Gasteiger partial charge in [-0.05, 0) is 42.0 Å². The van der Waals surface area contributed by atoms with Crippen molar-refractivity contribution < 1.29 is 31.8 Å². The number of aromatic nitrogens is 2. The minimum Gasteiger partial charge on any atom is -0.491 e. The molecule has 0 spiro atoms. The van der Waals surface area contributed by atoms with Crippen LogP contribution >= 0.6 is 0 Å². The second-order valence-electron chi connectivity index (χ2n) is 6.84. The third-order valence-corrected chi connectivity index (χ3v) is 4.79. The van der Waals surface area contributed by atoms with Gasteiger partial charge in [-0.2, -0.15) is 0 Å². The number of ether oxygens (including phenoxy) is 2. The number of hydrogen-bond acceptors (Lipinski definition) is 5. The summed E-state index contributed by atoms with van der Waals surface area (Å²) >= 11 is 0. The van der Waals surface area contributed by atoms with Gasteiger partial charge >= 0.3 is 12.4 Å². The smallest absolute Gasteiger partial charge is 0.491 e. The van der Waals surface area contributed by atoms with E-state index >= 15 is 0 Å². The first-order valence-electron chi connectivity index (χ1n) is 9.41. The van der Waals surface area contributed by atoms with Crippen LogP contribution in [0.15, 0.2) is 60.9 Å². The number of carbonyl (C=O) groups excluding carboxylic acids is 1. The molecule has 0 unspecified atom stereocenters. The number of urea groups is 1. The van der Waals surface area contributed by atoms with Crippen LogP contribution in [0.25, 0.3) is 0 Å². The number of anilines is 1. The van der Waals surface area contributed by atoms with Gasteiger partial charge in [-0.1, -0.05) is 12.1 Å². The fourth-order valence-electron chi connectivity index (χ4n) is 3.49. The van der Waals surface area contributed by atoms with E-state index in [1.807, 2.05) is 0 Å². The van der Waals surface area contributed by atoms with Gasteiger partial charge in [0.15, 0.2) is 11.6 Å². The predicted molar refractivity (Wildman–Crippen MR) is 105 cm³/mol. The Morgan fingerprint density at radius 2 is 1.91 bits per heavy atom. The Morgan fingerprint density at radius 1 is 1.09 bits per heavy atom. The molecule has 7 nitrogen and oxygen atoms in total. The number of benzene rings is 1. The van der Waals surface area contributed by atoms with Gasteiger partial charge in [0.1, 0.15) is 22.8 Å². The number of halogens is 4. The molecule has 0 radical (unpaired) electrons. The molecule has 0 saturated heterocycles. The van der Waals surface area contributed by atoms with Crippen LogP contribution in [0.4, 0.5) is 28.2 Å². The Labute approximate surface area is 179 Å². The van der Waals surface area contributed by atoms with Crippen molar-refractivity contribution >= 4 is 11.8 Å². The minimum atomic E-state index is -5.05. The lowest BCUT2D eigenvalue weighted by Gasteiger charge is -2.38. The van der Waals surface area contributed by atoms with E-state index in [1.165, 1.54) is 18.5 Å². The molecule has 1 aliphatic rings.